The van der Waals surface area contributed by atoms with Gasteiger partial charge in [0.05, 0.1) is 29.8 Å². The second-order valence-corrected chi connectivity index (χ2v) is 8.23. The van der Waals surface area contributed by atoms with Gasteiger partial charge in [0.1, 0.15) is 18.1 Å². The highest BCUT2D eigenvalue weighted by Crippen LogP contribution is 2.33. The van der Waals surface area contributed by atoms with Crippen molar-refractivity contribution in [1.82, 2.24) is 9.30 Å². The number of nitrogens with two attached hydrogens (primary N) is 1. The summed E-state index contributed by atoms with van der Waals surface area (Å²) in [6, 6.07) is 16.0. The number of halogens is 1. The largest absolute Gasteiger partial charge is 0.491 e. The van der Waals surface area contributed by atoms with Crippen molar-refractivity contribution in [1.29, 1.82) is 0 Å². The number of nitrogens with zero attached hydrogens (tertiary/aromatic N) is 2. The highest BCUT2D eigenvalue weighted by atomic mass is 35.5. The molecule has 34 heavy (non-hydrogen) atoms. The van der Waals surface area contributed by atoms with Crippen LogP contribution >= 0.6 is 11.6 Å². The second kappa shape index (κ2) is 10.0. The van der Waals surface area contributed by atoms with Crippen LogP contribution in [0.2, 0.25) is 5.02 Å². The highest BCUT2D eigenvalue weighted by Gasteiger charge is 2.21. The molecule has 4 aromatic rings. The molecule has 2 aromatic carbocycles. The van der Waals surface area contributed by atoms with E-state index >= 15 is 0 Å². The van der Waals surface area contributed by atoms with Crippen LogP contribution in [-0.2, 0) is 11.3 Å². The summed E-state index contributed by atoms with van der Waals surface area (Å²) in [4.78, 5) is 25.9. The summed E-state index contributed by atoms with van der Waals surface area (Å²) in [6.45, 7) is 0.744. The zero-order valence-corrected chi connectivity index (χ0v) is 19.5. The summed E-state index contributed by atoms with van der Waals surface area (Å²) in [5.74, 6) is 0.423. The first-order valence-corrected chi connectivity index (χ1v) is 10.9. The maximum atomic E-state index is 12.4. The molecular formula is C25H24ClN3O5. The van der Waals surface area contributed by atoms with Gasteiger partial charge in [0, 0.05) is 36.8 Å². The Balaban J connectivity index is 1.64. The first-order chi connectivity index (χ1) is 16.3. The van der Waals surface area contributed by atoms with E-state index in [4.69, 9.17) is 31.5 Å². The molecule has 0 saturated carbocycles. The molecule has 0 spiro atoms. The number of hydrogen-bond donors (Lipinski definition) is 1. The van der Waals surface area contributed by atoms with Gasteiger partial charge >= 0.3 is 6.09 Å². The molecule has 2 heterocycles. The molecule has 0 aliphatic rings. The van der Waals surface area contributed by atoms with Crippen molar-refractivity contribution in [2.45, 2.75) is 6.61 Å². The normalized spacial score (nSPS) is 11.0. The van der Waals surface area contributed by atoms with Gasteiger partial charge in [0.2, 0.25) is 0 Å². The Labute approximate surface area is 201 Å². The molecule has 2 N–H and O–H groups in total. The van der Waals surface area contributed by atoms with Gasteiger partial charge in [0.25, 0.3) is 5.91 Å². The quantitative estimate of drug-likeness (QED) is 0.374. The zero-order chi connectivity index (χ0) is 24.2. The van der Waals surface area contributed by atoms with Gasteiger partial charge in [-0.15, -0.1) is 0 Å². The van der Waals surface area contributed by atoms with Crippen LogP contribution < -0.4 is 15.2 Å². The van der Waals surface area contributed by atoms with Crippen molar-refractivity contribution < 1.29 is 23.8 Å². The number of aromatic nitrogens is 1. The van der Waals surface area contributed by atoms with Crippen molar-refractivity contribution in [2.24, 2.45) is 5.73 Å². The molecule has 0 unspecified atom stereocenters. The number of amides is 2. The maximum absolute atomic E-state index is 12.4. The molecule has 0 aliphatic heterocycles. The Hall–Kier alpha value is -3.75. The monoisotopic (exact) mass is 481 g/mol. The molecule has 0 aliphatic carbocycles. The third-order valence-electron chi connectivity index (χ3n) is 5.17. The Bertz CT molecular complexity index is 1370. The van der Waals surface area contributed by atoms with E-state index in [-0.39, 0.29) is 13.2 Å². The summed E-state index contributed by atoms with van der Waals surface area (Å²) < 4.78 is 18.9. The van der Waals surface area contributed by atoms with Gasteiger partial charge in [-0.25, -0.2) is 4.79 Å². The van der Waals surface area contributed by atoms with E-state index in [9.17, 15) is 9.59 Å². The lowest BCUT2D eigenvalue weighted by molar-refractivity contribution is 0.0893. The van der Waals surface area contributed by atoms with Gasteiger partial charge in [0.15, 0.2) is 0 Å². The van der Waals surface area contributed by atoms with Crippen LogP contribution in [0.3, 0.4) is 0 Å². The molecule has 0 fully saturated rings. The topological polar surface area (TPSA) is 95.5 Å². The number of primary amides is 1. The molecule has 8 nitrogen and oxygen atoms in total. The van der Waals surface area contributed by atoms with Gasteiger partial charge in [-0.05, 0) is 42.0 Å². The molecule has 0 radical (unpaired) electrons. The Kier molecular flexibility index (Phi) is 6.90. The Morgan fingerprint density at radius 2 is 1.82 bits per heavy atom. The van der Waals surface area contributed by atoms with Crippen molar-refractivity contribution in [3.63, 3.8) is 0 Å². The predicted octanol–water partition coefficient (Wildman–Crippen LogP) is 4.50. The average Bonchev–Trinajstić information content (AvgIpc) is 3.13. The fraction of sp³-hybridized carbons (Fsp3) is 0.200. The number of fused-ring (bicyclic) bond motifs is 3. The van der Waals surface area contributed by atoms with Crippen LogP contribution in [0.15, 0.2) is 60.8 Å². The first kappa shape index (κ1) is 23.4. The van der Waals surface area contributed by atoms with Gasteiger partial charge in [-0.2, -0.15) is 0 Å². The molecule has 176 valence electrons. The molecule has 0 atom stereocenters. The number of rotatable bonds is 8. The van der Waals surface area contributed by atoms with Crippen LogP contribution in [-0.4, -0.2) is 48.6 Å². The van der Waals surface area contributed by atoms with Crippen LogP contribution in [0.1, 0.15) is 15.9 Å². The molecule has 2 aromatic heterocycles. The van der Waals surface area contributed by atoms with Crippen molar-refractivity contribution >= 4 is 40.0 Å². The summed E-state index contributed by atoms with van der Waals surface area (Å²) in [5, 5.41) is 1.24. The minimum atomic E-state index is -0.553. The molecule has 0 saturated heterocycles. The lowest BCUT2D eigenvalue weighted by Gasteiger charge is -2.13. The van der Waals surface area contributed by atoms with Crippen LogP contribution in [0.4, 0.5) is 4.79 Å². The van der Waals surface area contributed by atoms with E-state index in [1.807, 2.05) is 34.9 Å². The van der Waals surface area contributed by atoms with Gasteiger partial charge < -0.3 is 29.2 Å². The first-order valence-electron chi connectivity index (χ1n) is 10.6. The number of carbonyl (C=O) groups is 2. The van der Waals surface area contributed by atoms with E-state index in [2.05, 4.69) is 0 Å². The predicted molar refractivity (Wildman–Crippen MR) is 130 cm³/mol. The highest BCUT2D eigenvalue weighted by molar-refractivity contribution is 6.30. The minimum absolute atomic E-state index is 0.153. The van der Waals surface area contributed by atoms with E-state index in [1.54, 1.807) is 44.4 Å². The van der Waals surface area contributed by atoms with E-state index < -0.39 is 12.0 Å². The summed E-state index contributed by atoms with van der Waals surface area (Å²) in [5.41, 5.74) is 8.15. The summed E-state index contributed by atoms with van der Waals surface area (Å²) in [7, 11) is 3.20. The third kappa shape index (κ3) is 4.93. The smallest absolute Gasteiger partial charge is 0.414 e. The molecule has 4 rings (SSSR count). The number of carbonyl (C=O) groups excluding carboxylic acids is 2. The van der Waals surface area contributed by atoms with Crippen LogP contribution in [0.5, 0.6) is 11.5 Å². The maximum Gasteiger partial charge on any atom is 0.414 e. The fourth-order valence-corrected chi connectivity index (χ4v) is 3.87. The summed E-state index contributed by atoms with van der Waals surface area (Å²) in [6.07, 6.45) is 1.31. The number of hydrogen-bond acceptors (Lipinski definition) is 5. The van der Waals surface area contributed by atoms with Gasteiger partial charge in [-0.1, -0.05) is 23.7 Å². The molecular weight excluding hydrogens is 458 g/mol. The second-order valence-electron chi connectivity index (χ2n) is 7.79. The Morgan fingerprint density at radius 3 is 2.56 bits per heavy atom. The standard InChI is InChI=1S/C25H24ClN3O5/c1-28(2)25(31)34-19-12-16(15-32-10-11-33-18-7-5-6-17(26)13-18)22-21(14-19)29-9-4-3-8-20(29)23(22)24(27)30/h3-9,12-14H,10-11,15H2,1-2H3,(H2,27,30). The van der Waals surface area contributed by atoms with Crippen molar-refractivity contribution in [3.05, 3.63) is 76.9 Å². The van der Waals surface area contributed by atoms with E-state index in [1.165, 1.54) is 4.90 Å². The molecule has 0 bridgehead atoms. The van der Waals surface area contributed by atoms with E-state index in [0.717, 1.165) is 0 Å². The van der Waals surface area contributed by atoms with E-state index in [0.29, 0.717) is 50.7 Å². The third-order valence-corrected chi connectivity index (χ3v) is 5.40. The lowest BCUT2D eigenvalue weighted by Crippen LogP contribution is -2.25. The van der Waals surface area contributed by atoms with Gasteiger partial charge in [-0.3, -0.25) is 4.79 Å². The zero-order valence-electron chi connectivity index (χ0n) is 18.8. The molecule has 2 amide bonds. The number of ether oxygens (including phenoxy) is 3. The SMILES string of the molecule is CN(C)C(=O)Oc1cc(COCCOc2cccc(Cl)c2)c2c(C(N)=O)c3ccccn3c2c1. The average molecular weight is 482 g/mol. The lowest BCUT2D eigenvalue weighted by atomic mass is 10.0. The van der Waals surface area contributed by atoms with Crippen LogP contribution in [0.25, 0.3) is 16.4 Å². The minimum Gasteiger partial charge on any atom is -0.491 e. The van der Waals surface area contributed by atoms with Crippen molar-refractivity contribution in [2.75, 3.05) is 27.3 Å². The fourth-order valence-electron chi connectivity index (χ4n) is 3.69. The van der Waals surface area contributed by atoms with Crippen molar-refractivity contribution in [3.8, 4) is 11.5 Å². The Morgan fingerprint density at radius 1 is 1.00 bits per heavy atom. The number of pyridine rings is 1. The number of benzene rings is 2. The summed E-state index contributed by atoms with van der Waals surface area (Å²) >= 11 is 5.97. The van der Waals surface area contributed by atoms with Crippen LogP contribution in [0, 0.1) is 0 Å². The molecule has 9 heteroatoms.